The number of benzene rings is 1. The molecule has 1 aliphatic heterocycles. The van der Waals surface area contributed by atoms with Gasteiger partial charge in [-0.25, -0.2) is 9.37 Å². The number of aliphatic hydroxyl groups excluding tert-OH is 1. The second kappa shape index (κ2) is 7.61. The van der Waals surface area contributed by atoms with Crippen molar-refractivity contribution in [3.8, 4) is 0 Å². The summed E-state index contributed by atoms with van der Waals surface area (Å²) < 4.78 is 13.0. The van der Waals surface area contributed by atoms with Gasteiger partial charge < -0.3 is 15.3 Å². The van der Waals surface area contributed by atoms with Crippen molar-refractivity contribution in [2.24, 2.45) is 0 Å². The minimum atomic E-state index is -0.920. The van der Waals surface area contributed by atoms with Crippen molar-refractivity contribution in [3.05, 3.63) is 59.5 Å². The summed E-state index contributed by atoms with van der Waals surface area (Å²) in [5.41, 5.74) is 1.06. The molecule has 1 aliphatic rings. The Labute approximate surface area is 146 Å². The van der Waals surface area contributed by atoms with Crippen molar-refractivity contribution in [2.75, 3.05) is 18.0 Å². The van der Waals surface area contributed by atoms with Crippen LogP contribution in [0.3, 0.4) is 0 Å². The Morgan fingerprint density at radius 2 is 1.92 bits per heavy atom. The summed E-state index contributed by atoms with van der Waals surface area (Å²) in [4.78, 5) is 19.1. The Bertz CT molecular complexity index is 730. The highest BCUT2D eigenvalue weighted by Crippen LogP contribution is 2.23. The number of aliphatic hydroxyl groups is 1. The molecule has 3 rings (SSSR count). The number of carbonyl (C=O) groups excluding carboxylic acids is 1. The van der Waals surface area contributed by atoms with E-state index in [1.165, 1.54) is 24.3 Å². The van der Waals surface area contributed by atoms with Crippen LogP contribution >= 0.6 is 0 Å². The van der Waals surface area contributed by atoms with Crippen LogP contribution in [0.2, 0.25) is 0 Å². The van der Waals surface area contributed by atoms with Crippen LogP contribution in [0.5, 0.6) is 0 Å². The van der Waals surface area contributed by atoms with Gasteiger partial charge in [0.2, 0.25) is 0 Å². The fourth-order valence-electron chi connectivity index (χ4n) is 3.07. The van der Waals surface area contributed by atoms with E-state index < -0.39 is 12.1 Å². The number of hydrogen-bond donors (Lipinski definition) is 2. The molecule has 5 nitrogen and oxygen atoms in total. The van der Waals surface area contributed by atoms with E-state index in [1.807, 2.05) is 0 Å². The summed E-state index contributed by atoms with van der Waals surface area (Å²) in [5.74, 6) is 0.0443. The molecule has 1 aromatic carbocycles. The lowest BCUT2D eigenvalue weighted by atomic mass is 10.0. The lowest BCUT2D eigenvalue weighted by Gasteiger charge is -2.23. The number of amides is 1. The van der Waals surface area contributed by atoms with Gasteiger partial charge in [0, 0.05) is 19.3 Å². The molecule has 2 N–H and O–H groups in total. The predicted molar refractivity (Wildman–Crippen MR) is 94.0 cm³/mol. The van der Waals surface area contributed by atoms with E-state index in [-0.39, 0.29) is 11.7 Å². The van der Waals surface area contributed by atoms with E-state index in [2.05, 4.69) is 15.2 Å². The Hall–Kier alpha value is -2.47. The third-order valence-electron chi connectivity index (χ3n) is 4.48. The first kappa shape index (κ1) is 17.4. The van der Waals surface area contributed by atoms with Crippen molar-refractivity contribution in [3.63, 3.8) is 0 Å². The molecule has 0 spiro atoms. The number of nitrogens with zero attached hydrogens (tertiary/aromatic N) is 2. The molecule has 2 heterocycles. The van der Waals surface area contributed by atoms with Crippen molar-refractivity contribution >= 4 is 11.7 Å². The van der Waals surface area contributed by atoms with Crippen LogP contribution in [0.15, 0.2) is 42.6 Å². The van der Waals surface area contributed by atoms with Crippen LogP contribution in [-0.4, -0.2) is 35.1 Å². The molecule has 0 unspecified atom stereocenters. The first-order valence-electron chi connectivity index (χ1n) is 8.50. The number of halogens is 1. The zero-order chi connectivity index (χ0) is 17.8. The molecule has 1 amide bonds. The number of pyridine rings is 1. The molecule has 1 aromatic heterocycles. The summed E-state index contributed by atoms with van der Waals surface area (Å²) >= 11 is 0. The normalized spacial score (nSPS) is 16.5. The Balaban J connectivity index is 1.72. The van der Waals surface area contributed by atoms with Gasteiger partial charge in [-0.3, -0.25) is 4.79 Å². The fraction of sp³-hybridized carbons (Fsp3) is 0.368. The van der Waals surface area contributed by atoms with Crippen LogP contribution in [-0.2, 0) is 0 Å². The molecule has 25 heavy (non-hydrogen) atoms. The molecule has 0 bridgehead atoms. The third-order valence-corrected chi connectivity index (χ3v) is 4.48. The molecule has 0 saturated carbocycles. The molecule has 1 saturated heterocycles. The van der Waals surface area contributed by atoms with Crippen molar-refractivity contribution < 1.29 is 14.3 Å². The standard InChI is InChI=1S/C19H22FN3O2/c1-13(17(24)14-6-8-15(20)9-7-14)22-19(25)16-5-4-10-21-18(16)23-11-2-3-12-23/h4-10,13,17,24H,2-3,11-12H2,1H3,(H,22,25)/t13-,17+/m0/s1. The van der Waals surface area contributed by atoms with Crippen molar-refractivity contribution in [1.29, 1.82) is 0 Å². The zero-order valence-corrected chi connectivity index (χ0v) is 14.2. The maximum Gasteiger partial charge on any atom is 0.255 e. The lowest BCUT2D eigenvalue weighted by molar-refractivity contribution is 0.0852. The third kappa shape index (κ3) is 3.96. The monoisotopic (exact) mass is 343 g/mol. The Kier molecular flexibility index (Phi) is 5.28. The molecule has 0 aliphatic carbocycles. The van der Waals surface area contributed by atoms with E-state index in [4.69, 9.17) is 0 Å². The number of aromatic nitrogens is 1. The van der Waals surface area contributed by atoms with E-state index >= 15 is 0 Å². The maximum absolute atomic E-state index is 13.0. The second-order valence-electron chi connectivity index (χ2n) is 6.33. The van der Waals surface area contributed by atoms with E-state index in [0.717, 1.165) is 25.9 Å². The molecular formula is C19H22FN3O2. The van der Waals surface area contributed by atoms with Gasteiger partial charge in [-0.1, -0.05) is 12.1 Å². The second-order valence-corrected chi connectivity index (χ2v) is 6.33. The minimum Gasteiger partial charge on any atom is -0.386 e. The highest BCUT2D eigenvalue weighted by molar-refractivity contribution is 5.99. The fourth-order valence-corrected chi connectivity index (χ4v) is 3.07. The van der Waals surface area contributed by atoms with Gasteiger partial charge in [0.25, 0.3) is 5.91 Å². The molecule has 6 heteroatoms. The van der Waals surface area contributed by atoms with Crippen molar-refractivity contribution in [1.82, 2.24) is 10.3 Å². The van der Waals surface area contributed by atoms with Crippen LogP contribution in [0.1, 0.15) is 41.8 Å². The molecule has 2 aromatic rings. The summed E-state index contributed by atoms with van der Waals surface area (Å²) in [6, 6.07) is 8.57. The van der Waals surface area contributed by atoms with Gasteiger partial charge in [-0.05, 0) is 49.6 Å². The van der Waals surface area contributed by atoms with Gasteiger partial charge >= 0.3 is 0 Å². The molecular weight excluding hydrogens is 321 g/mol. The summed E-state index contributed by atoms with van der Waals surface area (Å²) in [7, 11) is 0. The van der Waals surface area contributed by atoms with Gasteiger partial charge in [0.1, 0.15) is 11.6 Å². The summed E-state index contributed by atoms with van der Waals surface area (Å²) in [6.45, 7) is 3.51. The van der Waals surface area contributed by atoms with Crippen LogP contribution in [0.25, 0.3) is 0 Å². The number of carbonyl (C=O) groups is 1. The molecule has 1 fully saturated rings. The van der Waals surface area contributed by atoms with Crippen molar-refractivity contribution in [2.45, 2.75) is 31.9 Å². The number of nitrogens with one attached hydrogen (secondary N) is 1. The number of anilines is 1. The first-order valence-corrected chi connectivity index (χ1v) is 8.50. The summed E-state index contributed by atoms with van der Waals surface area (Å²) in [5, 5.41) is 13.2. The minimum absolute atomic E-state index is 0.274. The Morgan fingerprint density at radius 1 is 1.24 bits per heavy atom. The molecule has 0 radical (unpaired) electrons. The quantitative estimate of drug-likeness (QED) is 0.876. The van der Waals surface area contributed by atoms with Gasteiger partial charge in [0.15, 0.2) is 0 Å². The zero-order valence-electron chi connectivity index (χ0n) is 14.2. The smallest absolute Gasteiger partial charge is 0.255 e. The van der Waals surface area contributed by atoms with Crippen LogP contribution < -0.4 is 10.2 Å². The predicted octanol–water partition coefficient (Wildman–Crippen LogP) is 2.67. The topological polar surface area (TPSA) is 65.5 Å². The van der Waals surface area contributed by atoms with E-state index in [9.17, 15) is 14.3 Å². The summed E-state index contributed by atoms with van der Waals surface area (Å²) in [6.07, 6.45) is 2.95. The largest absolute Gasteiger partial charge is 0.386 e. The number of rotatable bonds is 5. The highest BCUT2D eigenvalue weighted by Gasteiger charge is 2.24. The van der Waals surface area contributed by atoms with Crippen LogP contribution in [0.4, 0.5) is 10.2 Å². The van der Waals surface area contributed by atoms with Gasteiger partial charge in [0.05, 0.1) is 17.7 Å². The average molecular weight is 343 g/mol. The van der Waals surface area contributed by atoms with E-state index in [1.54, 1.807) is 25.3 Å². The highest BCUT2D eigenvalue weighted by atomic mass is 19.1. The average Bonchev–Trinajstić information content (AvgIpc) is 3.16. The molecule has 2 atom stereocenters. The lowest BCUT2D eigenvalue weighted by Crippen LogP contribution is -2.38. The van der Waals surface area contributed by atoms with Gasteiger partial charge in [-0.15, -0.1) is 0 Å². The first-order chi connectivity index (χ1) is 12.1. The Morgan fingerprint density at radius 3 is 2.60 bits per heavy atom. The number of hydrogen-bond acceptors (Lipinski definition) is 4. The van der Waals surface area contributed by atoms with E-state index in [0.29, 0.717) is 16.9 Å². The SMILES string of the molecule is C[C@H](NC(=O)c1cccnc1N1CCCC1)[C@@H](O)c1ccc(F)cc1. The van der Waals surface area contributed by atoms with Gasteiger partial charge in [-0.2, -0.15) is 0 Å². The molecule has 132 valence electrons. The maximum atomic E-state index is 13.0. The van der Waals surface area contributed by atoms with Crippen LogP contribution in [0, 0.1) is 5.82 Å².